The van der Waals surface area contributed by atoms with Gasteiger partial charge in [0.05, 0.1) is 23.0 Å². The summed E-state index contributed by atoms with van der Waals surface area (Å²) in [7, 11) is 0. The molecule has 3 heterocycles. The first-order chi connectivity index (χ1) is 16.7. The van der Waals surface area contributed by atoms with E-state index in [4.69, 9.17) is 5.73 Å². The zero-order valence-electron chi connectivity index (χ0n) is 18.5. The number of hydrogen-bond donors (Lipinski definition) is 3. The third-order valence-corrected chi connectivity index (χ3v) is 6.59. The molecule has 1 fully saturated rings. The first-order valence-electron chi connectivity index (χ1n) is 11.2. The molecule has 4 N–H and O–H groups in total. The Balaban J connectivity index is 1.26. The van der Waals surface area contributed by atoms with Crippen LogP contribution in [0.2, 0.25) is 0 Å². The Morgan fingerprint density at radius 2 is 1.97 bits per heavy atom. The van der Waals surface area contributed by atoms with Gasteiger partial charge in [-0.25, -0.2) is 15.0 Å². The zero-order valence-corrected chi connectivity index (χ0v) is 18.5. The van der Waals surface area contributed by atoms with E-state index in [0.29, 0.717) is 23.4 Å². The number of halogens is 3. The van der Waals surface area contributed by atoms with Crippen LogP contribution in [0.25, 0.3) is 21.9 Å². The third-order valence-electron chi connectivity index (χ3n) is 6.59. The average molecular weight is 484 g/mol. The van der Waals surface area contributed by atoms with Gasteiger partial charge in [0.15, 0.2) is 0 Å². The second-order valence-electron chi connectivity index (χ2n) is 8.91. The molecule has 1 aromatic carbocycles. The largest absolute Gasteiger partial charge is 0.471 e. The van der Waals surface area contributed by atoms with E-state index >= 15 is 0 Å². The number of aliphatic hydroxyl groups excluding tert-OH is 1. The minimum atomic E-state index is -4.98. The van der Waals surface area contributed by atoms with Gasteiger partial charge >= 0.3 is 12.1 Å². The van der Waals surface area contributed by atoms with Crippen LogP contribution in [0.15, 0.2) is 48.9 Å². The van der Waals surface area contributed by atoms with Gasteiger partial charge in [-0.05, 0) is 61.4 Å². The number of nitrogens with two attached hydrogens (primary N) is 1. The maximum Gasteiger partial charge on any atom is 0.471 e. The lowest BCUT2D eigenvalue weighted by molar-refractivity contribution is -0.167. The van der Waals surface area contributed by atoms with Crippen molar-refractivity contribution >= 4 is 39.5 Å². The molecule has 182 valence electrons. The molecule has 0 bridgehead atoms. The molecule has 0 aliphatic heterocycles. The first-order valence-corrected chi connectivity index (χ1v) is 11.2. The average Bonchev–Trinajstić information content (AvgIpc) is 3.40. The number of aliphatic hydroxyl groups is 1. The van der Waals surface area contributed by atoms with E-state index < -0.39 is 18.2 Å². The highest BCUT2D eigenvalue weighted by molar-refractivity contribution is 5.95. The lowest BCUT2D eigenvalue weighted by atomic mass is 9.97. The number of fused-ring (bicyclic) bond motifs is 2. The molecule has 35 heavy (non-hydrogen) atoms. The molecule has 11 heteroatoms. The summed E-state index contributed by atoms with van der Waals surface area (Å²) < 4.78 is 39.6. The standard InChI is InChI=1S/C24H23F3N6O2/c25-24(26,27)23(35)32-20-6-5-15-4-3-13(9-17(15)31-20)1-2-14-10-18(19(34)11-14)33-8-7-16-21(28)29-12-30-22(16)33/h3-9,12,14,18-19,34H,1-2,10-11H2,(H2,28,29,30)(H,31,32,35)/t14?,18?,19-/m1/s1. The molecular weight excluding hydrogens is 461 g/mol. The fourth-order valence-electron chi connectivity index (χ4n) is 4.83. The van der Waals surface area contributed by atoms with Crippen LogP contribution >= 0.6 is 0 Å². The van der Waals surface area contributed by atoms with Crippen molar-refractivity contribution in [1.82, 2.24) is 19.5 Å². The van der Waals surface area contributed by atoms with Crippen molar-refractivity contribution in [1.29, 1.82) is 0 Å². The summed E-state index contributed by atoms with van der Waals surface area (Å²) in [5.41, 5.74) is 8.12. The van der Waals surface area contributed by atoms with Gasteiger partial charge in [-0.2, -0.15) is 13.2 Å². The molecule has 3 atom stereocenters. The summed E-state index contributed by atoms with van der Waals surface area (Å²) in [6.07, 6.45) is 0.816. The maximum absolute atomic E-state index is 12.5. The molecular formula is C24H23F3N6O2. The van der Waals surface area contributed by atoms with E-state index in [1.807, 2.05) is 35.0 Å². The van der Waals surface area contributed by atoms with Gasteiger partial charge in [-0.1, -0.05) is 12.1 Å². The monoisotopic (exact) mass is 484 g/mol. The highest BCUT2D eigenvalue weighted by Crippen LogP contribution is 2.39. The fraction of sp³-hybridized carbons (Fsp3) is 0.333. The van der Waals surface area contributed by atoms with Crippen LogP contribution in [0.5, 0.6) is 0 Å². The number of rotatable bonds is 5. The van der Waals surface area contributed by atoms with Gasteiger partial charge in [0.1, 0.15) is 23.6 Å². The topological polar surface area (TPSA) is 119 Å². The third kappa shape index (κ3) is 4.63. The van der Waals surface area contributed by atoms with E-state index in [1.165, 1.54) is 12.4 Å². The Morgan fingerprint density at radius 1 is 1.17 bits per heavy atom. The van der Waals surface area contributed by atoms with Crippen molar-refractivity contribution in [3.05, 3.63) is 54.5 Å². The summed E-state index contributed by atoms with van der Waals surface area (Å²) >= 11 is 0. The number of nitrogens with zero attached hydrogens (tertiary/aromatic N) is 4. The number of amides is 1. The molecule has 0 radical (unpaired) electrons. The fourth-order valence-corrected chi connectivity index (χ4v) is 4.83. The number of anilines is 2. The van der Waals surface area contributed by atoms with E-state index in [9.17, 15) is 23.1 Å². The number of benzene rings is 1. The highest BCUT2D eigenvalue weighted by atomic mass is 19.4. The van der Waals surface area contributed by atoms with Gasteiger partial charge in [-0.3, -0.25) is 4.79 Å². The van der Waals surface area contributed by atoms with Crippen LogP contribution in [-0.2, 0) is 11.2 Å². The van der Waals surface area contributed by atoms with Crippen molar-refractivity contribution in [2.45, 2.75) is 44.0 Å². The normalized spacial score (nSPS) is 20.5. The van der Waals surface area contributed by atoms with E-state index in [2.05, 4.69) is 15.0 Å². The SMILES string of the molecule is Nc1ncnc2c1ccn2C1CC(CCc2ccc3ccc(NC(=O)C(F)(F)F)nc3c2)C[C@H]1O. The van der Waals surface area contributed by atoms with Crippen LogP contribution in [0.1, 0.15) is 30.9 Å². The van der Waals surface area contributed by atoms with E-state index in [1.54, 1.807) is 11.4 Å². The minimum absolute atomic E-state index is 0.107. The lowest BCUT2D eigenvalue weighted by Gasteiger charge is -2.17. The van der Waals surface area contributed by atoms with Crippen LogP contribution in [0.3, 0.4) is 0 Å². The molecule has 1 aliphatic rings. The molecule has 0 saturated heterocycles. The van der Waals surface area contributed by atoms with Gasteiger partial charge in [0.25, 0.3) is 0 Å². The van der Waals surface area contributed by atoms with Crippen molar-refractivity contribution in [3.63, 3.8) is 0 Å². The zero-order chi connectivity index (χ0) is 24.7. The Kier molecular flexibility index (Phi) is 5.79. The molecule has 1 aliphatic carbocycles. The predicted octanol–water partition coefficient (Wildman–Crippen LogP) is 4.01. The second-order valence-corrected chi connectivity index (χ2v) is 8.91. The number of aryl methyl sites for hydroxylation is 1. The van der Waals surface area contributed by atoms with Gasteiger partial charge < -0.3 is 20.7 Å². The molecule has 4 aromatic rings. The summed E-state index contributed by atoms with van der Waals surface area (Å²) in [6, 6.07) is 10.3. The quantitative estimate of drug-likeness (QED) is 0.394. The number of alkyl halides is 3. The lowest BCUT2D eigenvalue weighted by Crippen LogP contribution is -2.30. The van der Waals surface area contributed by atoms with Crippen molar-refractivity contribution in [2.75, 3.05) is 11.1 Å². The number of nitrogens with one attached hydrogen (secondary N) is 1. The molecule has 1 saturated carbocycles. The maximum atomic E-state index is 12.5. The summed E-state index contributed by atoms with van der Waals surface area (Å²) in [6.45, 7) is 0. The van der Waals surface area contributed by atoms with Gasteiger partial charge in [0, 0.05) is 11.6 Å². The number of pyridine rings is 1. The Morgan fingerprint density at radius 3 is 2.77 bits per heavy atom. The second kappa shape index (κ2) is 8.81. The van der Waals surface area contributed by atoms with Crippen LogP contribution in [0.4, 0.5) is 24.8 Å². The van der Waals surface area contributed by atoms with Gasteiger partial charge in [-0.15, -0.1) is 0 Å². The number of aromatic nitrogens is 4. The summed E-state index contributed by atoms with van der Waals surface area (Å²) in [5, 5.41) is 14.0. The van der Waals surface area contributed by atoms with Crippen LogP contribution in [-0.4, -0.2) is 42.8 Å². The molecule has 2 unspecified atom stereocenters. The van der Waals surface area contributed by atoms with Gasteiger partial charge in [0.2, 0.25) is 0 Å². The molecule has 0 spiro atoms. The number of carbonyl (C=O) groups excluding carboxylic acids is 1. The van der Waals surface area contributed by atoms with Crippen molar-refractivity contribution < 1.29 is 23.1 Å². The van der Waals surface area contributed by atoms with Crippen molar-refractivity contribution in [3.8, 4) is 0 Å². The Labute approximate surface area is 198 Å². The molecule has 5 rings (SSSR count). The van der Waals surface area contributed by atoms with Crippen LogP contribution < -0.4 is 11.1 Å². The first kappa shape index (κ1) is 23.0. The smallest absolute Gasteiger partial charge is 0.391 e. The highest BCUT2D eigenvalue weighted by Gasteiger charge is 2.39. The molecule has 8 nitrogen and oxygen atoms in total. The summed E-state index contributed by atoms with van der Waals surface area (Å²) in [4.78, 5) is 23.7. The Bertz CT molecular complexity index is 1400. The number of carbonyl (C=O) groups is 1. The van der Waals surface area contributed by atoms with E-state index in [-0.39, 0.29) is 17.8 Å². The van der Waals surface area contributed by atoms with Crippen LogP contribution in [0, 0.1) is 5.92 Å². The molecule has 3 aromatic heterocycles. The van der Waals surface area contributed by atoms with E-state index in [0.717, 1.165) is 35.6 Å². The minimum Gasteiger partial charge on any atom is -0.391 e. The Hall–Kier alpha value is -3.73. The molecule has 1 amide bonds. The number of nitrogen functional groups attached to an aromatic ring is 1. The summed E-state index contributed by atoms with van der Waals surface area (Å²) in [5.74, 6) is -1.52. The predicted molar refractivity (Wildman–Crippen MR) is 124 cm³/mol. The van der Waals surface area contributed by atoms with Crippen molar-refractivity contribution in [2.24, 2.45) is 5.92 Å². The number of hydrogen-bond acceptors (Lipinski definition) is 6.